The Bertz CT molecular complexity index is 887. The maximum atomic E-state index is 12.9. The van der Waals surface area contributed by atoms with Crippen LogP contribution < -0.4 is 5.32 Å². The van der Waals surface area contributed by atoms with Crippen LogP contribution in [0.4, 0.5) is 5.82 Å². The molecule has 0 aliphatic carbocycles. The number of hydrogen-bond acceptors (Lipinski definition) is 5. The quantitative estimate of drug-likeness (QED) is 0.789. The van der Waals surface area contributed by atoms with Crippen LogP contribution in [0.1, 0.15) is 6.42 Å². The van der Waals surface area contributed by atoms with Crippen molar-refractivity contribution in [1.82, 2.24) is 14.3 Å². The van der Waals surface area contributed by atoms with Gasteiger partial charge in [0.25, 0.3) is 0 Å². The molecule has 2 atom stereocenters. The third-order valence-corrected chi connectivity index (χ3v) is 4.67. The van der Waals surface area contributed by atoms with Crippen LogP contribution in [0.25, 0.3) is 17.1 Å². The number of nitrogens with one attached hydrogen (secondary N) is 1. The van der Waals surface area contributed by atoms with E-state index < -0.39 is 0 Å². The van der Waals surface area contributed by atoms with Crippen molar-refractivity contribution in [3.05, 3.63) is 42.8 Å². The highest BCUT2D eigenvalue weighted by Gasteiger charge is 2.35. The Morgan fingerprint density at radius 2 is 2.24 bits per heavy atom. The predicted molar refractivity (Wildman–Crippen MR) is 93.4 cm³/mol. The van der Waals surface area contributed by atoms with Gasteiger partial charge in [0.1, 0.15) is 17.2 Å². The predicted octanol–water partition coefficient (Wildman–Crippen LogP) is 2.25. The number of carbonyl (C=O) groups is 1. The van der Waals surface area contributed by atoms with E-state index in [1.165, 1.54) is 0 Å². The number of anilines is 1. The van der Waals surface area contributed by atoms with Gasteiger partial charge in [-0.15, -0.1) is 0 Å². The van der Waals surface area contributed by atoms with Crippen molar-refractivity contribution in [2.45, 2.75) is 18.6 Å². The summed E-state index contributed by atoms with van der Waals surface area (Å²) >= 11 is 0. The van der Waals surface area contributed by atoms with E-state index in [2.05, 4.69) is 10.3 Å². The zero-order valence-corrected chi connectivity index (χ0v) is 14.2. The monoisotopic (exact) mass is 340 g/mol. The number of methoxy groups -OCH3 is 1. The van der Waals surface area contributed by atoms with Crippen molar-refractivity contribution >= 4 is 17.4 Å². The number of pyridine rings is 1. The minimum absolute atomic E-state index is 0.0690. The van der Waals surface area contributed by atoms with Crippen LogP contribution in [-0.4, -0.2) is 53.0 Å². The molecule has 0 aromatic carbocycles. The number of furan rings is 1. The van der Waals surface area contributed by atoms with Gasteiger partial charge < -0.3 is 14.5 Å². The summed E-state index contributed by atoms with van der Waals surface area (Å²) in [6, 6.07) is 9.11. The number of likely N-dealkylation sites (N-methyl/N-ethyl adjacent to an activating group) is 1. The lowest BCUT2D eigenvalue weighted by Crippen LogP contribution is -2.37. The van der Waals surface area contributed by atoms with Crippen LogP contribution in [-0.2, 0) is 9.53 Å². The summed E-state index contributed by atoms with van der Waals surface area (Å²) in [5, 5.41) is 3.04. The highest BCUT2D eigenvalue weighted by molar-refractivity contribution is 5.97. The summed E-state index contributed by atoms with van der Waals surface area (Å²) < 4.78 is 12.8. The van der Waals surface area contributed by atoms with E-state index in [-0.39, 0.29) is 18.1 Å². The van der Waals surface area contributed by atoms with Gasteiger partial charge in [-0.3, -0.25) is 14.1 Å². The van der Waals surface area contributed by atoms with Crippen molar-refractivity contribution in [3.63, 3.8) is 0 Å². The number of hydrogen-bond donors (Lipinski definition) is 1. The second kappa shape index (κ2) is 6.34. The lowest BCUT2D eigenvalue weighted by Gasteiger charge is -2.18. The minimum atomic E-state index is -0.233. The van der Waals surface area contributed by atoms with Gasteiger partial charge in [0.15, 0.2) is 5.76 Å². The second-order valence-corrected chi connectivity index (χ2v) is 6.25. The Hall–Kier alpha value is -2.64. The Morgan fingerprint density at radius 1 is 1.36 bits per heavy atom. The van der Waals surface area contributed by atoms with Crippen molar-refractivity contribution in [3.8, 4) is 11.5 Å². The smallest absolute Gasteiger partial charge is 0.243 e. The van der Waals surface area contributed by atoms with Gasteiger partial charge in [-0.25, -0.2) is 4.98 Å². The van der Waals surface area contributed by atoms with Crippen LogP contribution in [0.15, 0.2) is 47.2 Å². The van der Waals surface area contributed by atoms with Gasteiger partial charge in [-0.1, -0.05) is 6.07 Å². The van der Waals surface area contributed by atoms with Gasteiger partial charge >= 0.3 is 0 Å². The lowest BCUT2D eigenvalue weighted by molar-refractivity contribution is -0.120. The number of carbonyl (C=O) groups excluding carboxylic acids is 1. The maximum absolute atomic E-state index is 12.9. The molecule has 0 saturated carbocycles. The molecule has 0 bridgehead atoms. The number of fused-ring (bicyclic) bond motifs is 1. The third kappa shape index (κ3) is 2.81. The fourth-order valence-corrected chi connectivity index (χ4v) is 3.33. The molecule has 1 fully saturated rings. The zero-order valence-electron chi connectivity index (χ0n) is 14.2. The zero-order chi connectivity index (χ0) is 17.4. The third-order valence-electron chi connectivity index (χ3n) is 4.67. The average molecular weight is 340 g/mol. The van der Waals surface area contributed by atoms with Gasteiger partial charge in [0.05, 0.1) is 18.4 Å². The molecule has 1 aliphatic rings. The summed E-state index contributed by atoms with van der Waals surface area (Å²) in [6.07, 6.45) is 4.22. The molecule has 130 valence electrons. The van der Waals surface area contributed by atoms with Gasteiger partial charge in [-0.2, -0.15) is 0 Å². The van der Waals surface area contributed by atoms with E-state index in [1.807, 2.05) is 46.8 Å². The molecule has 0 radical (unpaired) electrons. The Balaban J connectivity index is 1.69. The largest absolute Gasteiger partial charge is 0.463 e. The summed E-state index contributed by atoms with van der Waals surface area (Å²) in [4.78, 5) is 19.5. The topological polar surface area (TPSA) is 72.0 Å². The first-order valence-corrected chi connectivity index (χ1v) is 8.22. The van der Waals surface area contributed by atoms with Crippen molar-refractivity contribution in [1.29, 1.82) is 0 Å². The molecule has 0 unspecified atom stereocenters. The van der Waals surface area contributed by atoms with Crippen LogP contribution in [0.3, 0.4) is 0 Å². The Morgan fingerprint density at radius 3 is 2.96 bits per heavy atom. The van der Waals surface area contributed by atoms with Crippen LogP contribution in [0.2, 0.25) is 0 Å². The highest BCUT2D eigenvalue weighted by atomic mass is 16.5. The first-order chi connectivity index (χ1) is 12.2. The molecule has 25 heavy (non-hydrogen) atoms. The summed E-state index contributed by atoms with van der Waals surface area (Å²) in [5.74, 6) is 1.17. The van der Waals surface area contributed by atoms with Crippen molar-refractivity contribution in [2.24, 2.45) is 0 Å². The molecule has 3 aromatic heterocycles. The molecule has 0 spiro atoms. The molecule has 7 nitrogen and oxygen atoms in total. The van der Waals surface area contributed by atoms with E-state index in [0.717, 1.165) is 12.2 Å². The fourth-order valence-electron chi connectivity index (χ4n) is 3.33. The number of imidazole rings is 1. The average Bonchev–Trinajstić information content (AvgIpc) is 3.33. The number of nitrogens with zero attached hydrogens (tertiary/aromatic N) is 3. The van der Waals surface area contributed by atoms with Crippen LogP contribution in [0, 0.1) is 0 Å². The normalized spacial score (nSPS) is 21.0. The van der Waals surface area contributed by atoms with Crippen LogP contribution >= 0.6 is 0 Å². The molecule has 7 heteroatoms. The van der Waals surface area contributed by atoms with Gasteiger partial charge in [0.2, 0.25) is 5.91 Å². The summed E-state index contributed by atoms with van der Waals surface area (Å²) in [6.45, 7) is 0.743. The van der Waals surface area contributed by atoms with E-state index in [0.29, 0.717) is 23.7 Å². The Labute approximate surface area is 145 Å². The first-order valence-electron chi connectivity index (χ1n) is 8.22. The van der Waals surface area contributed by atoms with Gasteiger partial charge in [0, 0.05) is 19.9 Å². The molecule has 4 rings (SSSR count). The second-order valence-electron chi connectivity index (χ2n) is 6.25. The number of aromatic nitrogens is 2. The summed E-state index contributed by atoms with van der Waals surface area (Å²) in [5.41, 5.74) is 1.37. The molecule has 4 heterocycles. The SMILES string of the molecule is CO[C@H]1C[C@@H](C(=O)Nc2c(-c3ccco3)nc3ccccn23)N(C)C1. The van der Waals surface area contributed by atoms with E-state index in [1.54, 1.807) is 19.4 Å². The van der Waals surface area contributed by atoms with Crippen molar-refractivity contribution < 1.29 is 13.9 Å². The fraction of sp³-hybridized carbons (Fsp3) is 0.333. The highest BCUT2D eigenvalue weighted by Crippen LogP contribution is 2.30. The molecular weight excluding hydrogens is 320 g/mol. The van der Waals surface area contributed by atoms with E-state index in [9.17, 15) is 4.79 Å². The number of likely N-dealkylation sites (tertiary alicyclic amines) is 1. The van der Waals surface area contributed by atoms with E-state index in [4.69, 9.17) is 9.15 Å². The first kappa shape index (κ1) is 15.9. The lowest BCUT2D eigenvalue weighted by atomic mass is 10.2. The number of rotatable bonds is 4. The summed E-state index contributed by atoms with van der Waals surface area (Å²) in [7, 11) is 3.61. The standard InChI is InChI=1S/C18H20N4O3/c1-21-11-12(24-2)10-13(21)18(23)20-17-16(14-6-5-9-25-14)19-15-7-3-4-8-22(15)17/h3-9,12-13H,10-11H2,1-2H3,(H,20,23)/t12-,13-/m0/s1. The Kier molecular flexibility index (Phi) is 4.03. The van der Waals surface area contributed by atoms with Gasteiger partial charge in [-0.05, 0) is 37.7 Å². The van der Waals surface area contributed by atoms with E-state index >= 15 is 0 Å². The molecule has 1 aliphatic heterocycles. The minimum Gasteiger partial charge on any atom is -0.463 e. The molecular formula is C18H20N4O3. The number of ether oxygens (including phenoxy) is 1. The van der Waals surface area contributed by atoms with Crippen molar-refractivity contribution in [2.75, 3.05) is 26.0 Å². The molecule has 1 amide bonds. The van der Waals surface area contributed by atoms with Crippen LogP contribution in [0.5, 0.6) is 0 Å². The molecule has 3 aromatic rings. The number of amides is 1. The molecule has 1 saturated heterocycles. The maximum Gasteiger partial charge on any atom is 0.243 e. The molecule has 1 N–H and O–H groups in total.